The lowest BCUT2D eigenvalue weighted by molar-refractivity contribution is -0.221. The highest BCUT2D eigenvalue weighted by Gasteiger charge is 2.73. The zero-order valence-corrected chi connectivity index (χ0v) is 44.5. The number of ketones is 2. The van der Waals surface area contributed by atoms with Crippen LogP contribution in [0.4, 0.5) is 0 Å². The monoisotopic (exact) mass is 925 g/mol. The molecule has 68 heavy (non-hydrogen) atoms. The molecule has 1 N–H and O–H groups in total. The van der Waals surface area contributed by atoms with Crippen molar-refractivity contribution >= 4 is 17.9 Å². The van der Waals surface area contributed by atoms with Crippen LogP contribution in [-0.4, -0.2) is 29.6 Å². The molecule has 0 radical (unpaired) electrons. The smallest absolute Gasteiger partial charge is 0.226 e. The second kappa shape index (κ2) is 15.7. The lowest BCUT2D eigenvalue weighted by Crippen LogP contribution is -2.66. The van der Waals surface area contributed by atoms with Gasteiger partial charge < -0.3 is 19.5 Å². The minimum atomic E-state index is -0.488. The van der Waals surface area contributed by atoms with E-state index in [2.05, 4.69) is 118 Å². The lowest BCUT2D eigenvalue weighted by atomic mass is 9.33. The average molecular weight is 925 g/mol. The van der Waals surface area contributed by atoms with Crippen LogP contribution in [0.25, 0.3) is 9.69 Å². The number of nitrogens with zero attached hydrogens (tertiary/aromatic N) is 2. The van der Waals surface area contributed by atoms with Crippen molar-refractivity contribution in [2.45, 2.75) is 186 Å². The van der Waals surface area contributed by atoms with Gasteiger partial charge in [-0.05, 0) is 214 Å². The van der Waals surface area contributed by atoms with Crippen molar-refractivity contribution in [3.05, 3.63) is 70.7 Å². The Labute approximate surface area is 412 Å². The van der Waals surface area contributed by atoms with Gasteiger partial charge in [0.25, 0.3) is 0 Å². The summed E-state index contributed by atoms with van der Waals surface area (Å²) in [6, 6.07) is 0. The summed E-state index contributed by atoms with van der Waals surface area (Å²) in [4.78, 5) is 46.4. The molecule has 0 saturated heterocycles. The van der Waals surface area contributed by atoms with Crippen LogP contribution < -0.4 is 0 Å². The largest absolute Gasteiger partial charge is 0.396 e. The molecule has 18 atom stereocenters. The van der Waals surface area contributed by atoms with Gasteiger partial charge >= 0.3 is 0 Å². The molecule has 8 fully saturated rings. The maximum absolute atomic E-state index is 13.2. The molecule has 6 nitrogen and oxygen atoms in total. The van der Waals surface area contributed by atoms with E-state index in [9.17, 15) is 19.5 Å². The maximum Gasteiger partial charge on any atom is 0.226 e. The second-order valence-electron chi connectivity index (χ2n) is 28.3. The summed E-state index contributed by atoms with van der Waals surface area (Å²) in [5.74, 6) is 4.71. The van der Waals surface area contributed by atoms with Crippen molar-refractivity contribution < 1.29 is 19.5 Å². The van der Waals surface area contributed by atoms with Crippen LogP contribution in [0, 0.1) is 126 Å². The van der Waals surface area contributed by atoms with Crippen LogP contribution >= 0.6 is 0 Å². The van der Waals surface area contributed by atoms with E-state index < -0.39 is 10.8 Å². The van der Waals surface area contributed by atoms with Crippen LogP contribution in [0.2, 0.25) is 0 Å². The highest BCUT2D eigenvalue weighted by atomic mass is 16.3. The van der Waals surface area contributed by atoms with Crippen molar-refractivity contribution in [3.63, 3.8) is 0 Å². The summed E-state index contributed by atoms with van der Waals surface area (Å²) >= 11 is 0. The number of fused-ring (bicyclic) bond motifs is 14. The minimum absolute atomic E-state index is 0.0390. The molecular weight excluding hydrogens is 837 g/mol. The SMILES string of the molecule is [C-]#[N+]C1=C[C@]2(C)[C@H]3CC[C@@H]4[C@H]5[C@H](C(=C)C)CC[C@]5(C=O)CC[C@@]4(C)[C@]3(C)CC[C@H]2C(C)(C)C1=O.[C-]#[N+]C1=C[C@]2(C)[C@H]3CC[C@@H]4[C@H]5[C@H](C(=C)C)CC[C@]5(CO)CC[C@@]4(C)[C@]3(C)CC[C@H]2C(C)(C)C1=O. The van der Waals surface area contributed by atoms with Crippen LogP contribution in [0.5, 0.6) is 0 Å². The number of carbonyl (C=O) groups excluding carboxylic acids is 3. The number of allylic oxidation sites excluding steroid dienone is 6. The van der Waals surface area contributed by atoms with E-state index in [1.165, 1.54) is 43.1 Å². The molecule has 0 aromatic heterocycles. The molecule has 10 rings (SSSR count). The fraction of sp³-hybridized carbons (Fsp3) is 0.790. The molecule has 0 bridgehead atoms. The van der Waals surface area contributed by atoms with Crippen molar-refractivity contribution in [1.29, 1.82) is 0 Å². The van der Waals surface area contributed by atoms with E-state index in [0.717, 1.165) is 77.0 Å². The Morgan fingerprint density at radius 3 is 1.43 bits per heavy atom. The molecule has 370 valence electrons. The zero-order valence-electron chi connectivity index (χ0n) is 44.5. The van der Waals surface area contributed by atoms with E-state index in [1.54, 1.807) is 0 Å². The minimum Gasteiger partial charge on any atom is -0.396 e. The number of carbonyl (C=O) groups is 3. The molecule has 0 spiro atoms. The van der Waals surface area contributed by atoms with Crippen LogP contribution in [0.15, 0.2) is 47.9 Å². The van der Waals surface area contributed by atoms with Gasteiger partial charge in [-0.1, -0.05) is 106 Å². The third-order valence-electron chi connectivity index (χ3n) is 25.8. The number of aliphatic hydroxyl groups excluding tert-OH is 1. The fourth-order valence-electron chi connectivity index (χ4n) is 22.1. The fourth-order valence-corrected chi connectivity index (χ4v) is 22.1. The summed E-state index contributed by atoms with van der Waals surface area (Å²) < 4.78 is 0. The second-order valence-corrected chi connectivity index (χ2v) is 28.3. The molecule has 0 amide bonds. The number of Topliss-reactive ketones (excluding diaryl/α,β-unsaturated/α-hetero) is 2. The Morgan fingerprint density at radius 1 is 0.574 bits per heavy atom. The number of hydrogen-bond acceptors (Lipinski definition) is 4. The molecule has 6 heteroatoms. The van der Waals surface area contributed by atoms with E-state index in [-0.39, 0.29) is 60.8 Å². The van der Waals surface area contributed by atoms with Crippen molar-refractivity contribution in [2.24, 2.45) is 113 Å². The van der Waals surface area contributed by atoms with Crippen LogP contribution in [-0.2, 0) is 14.4 Å². The Bertz CT molecular complexity index is 2360. The third-order valence-corrected chi connectivity index (χ3v) is 25.8. The van der Waals surface area contributed by atoms with E-state index >= 15 is 0 Å². The van der Waals surface area contributed by atoms with E-state index in [1.807, 2.05) is 0 Å². The van der Waals surface area contributed by atoms with E-state index in [0.29, 0.717) is 71.3 Å². The van der Waals surface area contributed by atoms with Gasteiger partial charge in [-0.2, -0.15) is 0 Å². The summed E-state index contributed by atoms with van der Waals surface area (Å²) in [5, 5.41) is 10.7. The Hall–Kier alpha value is -3.09. The highest BCUT2D eigenvalue weighted by molar-refractivity contribution is 6.03. The number of aliphatic hydroxyl groups is 1. The van der Waals surface area contributed by atoms with Gasteiger partial charge in [-0.15, -0.1) is 0 Å². The van der Waals surface area contributed by atoms with Crippen LogP contribution in [0.3, 0.4) is 0 Å². The molecule has 0 heterocycles. The molecule has 0 aromatic carbocycles. The van der Waals surface area contributed by atoms with Gasteiger partial charge in [0.15, 0.2) is 11.6 Å². The number of rotatable bonds is 4. The third kappa shape index (κ3) is 6.09. The molecular formula is C62H88N2O4. The van der Waals surface area contributed by atoms with E-state index in [4.69, 9.17) is 13.1 Å². The number of aldehydes is 1. The van der Waals surface area contributed by atoms with Gasteiger partial charge in [-0.25, -0.2) is 9.69 Å². The molecule has 0 aliphatic heterocycles. The molecule has 10 aliphatic rings. The summed E-state index contributed by atoms with van der Waals surface area (Å²) in [6.07, 6.45) is 23.5. The first-order chi connectivity index (χ1) is 31.6. The average Bonchev–Trinajstić information content (AvgIpc) is 3.88. The molecule has 10 aliphatic carbocycles. The first-order valence-electron chi connectivity index (χ1n) is 27.3. The predicted octanol–water partition coefficient (Wildman–Crippen LogP) is 14.7. The first-order valence-corrected chi connectivity index (χ1v) is 27.3. The first kappa shape index (κ1) is 49.9. The van der Waals surface area contributed by atoms with Gasteiger partial charge in [0.1, 0.15) is 6.29 Å². The predicted molar refractivity (Wildman–Crippen MR) is 272 cm³/mol. The van der Waals surface area contributed by atoms with Crippen molar-refractivity contribution in [1.82, 2.24) is 0 Å². The summed E-state index contributed by atoms with van der Waals surface area (Å²) in [6.45, 7) is 52.3. The zero-order chi connectivity index (χ0) is 49.8. The van der Waals surface area contributed by atoms with Gasteiger partial charge in [0.2, 0.25) is 11.4 Å². The van der Waals surface area contributed by atoms with Crippen molar-refractivity contribution in [3.8, 4) is 0 Å². The quantitative estimate of drug-likeness (QED) is 0.173. The Balaban J connectivity index is 0.000000170. The summed E-state index contributed by atoms with van der Waals surface area (Å²) in [5.41, 5.74) is 2.70. The normalized spacial score (nSPS) is 51.2. The number of hydrogen-bond donors (Lipinski definition) is 1. The molecule has 0 unspecified atom stereocenters. The standard InChI is InChI=1S/C31H45NO2.C31H43NO2/c2*1-19(2)20-11-14-31(18-33)16-15-29(6)21(25(20)31)9-10-24-28(5)17-22(32-8)26(34)27(3,4)23(28)12-13-30(24,29)7/h17,20-21,23-25,33H,1,9-16,18H2,2-7H3;17-18,20-21,23-25H,1,9-16H2,2-7H3/t2*20-,21+,23-,24+,25+,28-,29+,30+,31+/m00/s1. The van der Waals surface area contributed by atoms with Gasteiger partial charge in [-0.3, -0.25) is 0 Å². The lowest BCUT2D eigenvalue weighted by Gasteiger charge is -2.71. The molecule has 0 aromatic rings. The molecule has 8 saturated carbocycles. The Morgan fingerprint density at radius 2 is 1.00 bits per heavy atom. The van der Waals surface area contributed by atoms with Crippen molar-refractivity contribution in [2.75, 3.05) is 6.61 Å². The highest BCUT2D eigenvalue weighted by Crippen LogP contribution is 2.79. The van der Waals surface area contributed by atoms with Gasteiger partial charge in [0, 0.05) is 22.9 Å². The van der Waals surface area contributed by atoms with Gasteiger partial charge in [0.05, 0.1) is 13.1 Å². The topological polar surface area (TPSA) is 80.2 Å². The summed E-state index contributed by atoms with van der Waals surface area (Å²) in [7, 11) is 0. The van der Waals surface area contributed by atoms with Crippen LogP contribution in [0.1, 0.15) is 186 Å². The maximum atomic E-state index is 13.2. The Kier molecular flexibility index (Phi) is 11.5.